The number of ether oxygens (including phenoxy) is 5. The summed E-state index contributed by atoms with van der Waals surface area (Å²) in [6.45, 7) is 9.49. The molecule has 33 heavy (non-hydrogen) atoms. The SMILES string of the molecule is CCCCOC[C@H]1O[C@@](O)(C(F)C(=O)O)[C@H](OCCCC)[C@@H](OCCCC)[C@H]1OCCCC. The molecule has 8 nitrogen and oxygen atoms in total. The number of hydrogen-bond acceptors (Lipinski definition) is 7. The summed E-state index contributed by atoms with van der Waals surface area (Å²) in [6, 6.07) is 0. The van der Waals surface area contributed by atoms with Gasteiger partial charge in [-0.05, 0) is 25.7 Å². The van der Waals surface area contributed by atoms with E-state index in [0.717, 1.165) is 44.9 Å². The molecule has 1 heterocycles. The molecule has 196 valence electrons. The summed E-state index contributed by atoms with van der Waals surface area (Å²) >= 11 is 0. The predicted octanol–water partition coefficient (Wildman–Crippen LogP) is 3.87. The zero-order valence-electron chi connectivity index (χ0n) is 20.8. The highest BCUT2D eigenvalue weighted by Crippen LogP contribution is 2.38. The molecule has 6 atom stereocenters. The van der Waals surface area contributed by atoms with Crippen LogP contribution >= 0.6 is 0 Å². The van der Waals surface area contributed by atoms with Gasteiger partial charge >= 0.3 is 5.97 Å². The van der Waals surface area contributed by atoms with Crippen LogP contribution in [-0.2, 0) is 28.5 Å². The Kier molecular flexibility index (Phi) is 15.3. The topological polar surface area (TPSA) is 104 Å². The van der Waals surface area contributed by atoms with E-state index in [1.165, 1.54) is 0 Å². The highest BCUT2D eigenvalue weighted by Gasteiger charge is 2.62. The summed E-state index contributed by atoms with van der Waals surface area (Å²) in [5, 5.41) is 20.7. The van der Waals surface area contributed by atoms with Gasteiger partial charge in [-0.15, -0.1) is 0 Å². The third kappa shape index (κ3) is 9.38. The first-order chi connectivity index (χ1) is 15.9. The van der Waals surface area contributed by atoms with E-state index in [4.69, 9.17) is 23.7 Å². The van der Waals surface area contributed by atoms with Gasteiger partial charge in [-0.3, -0.25) is 0 Å². The van der Waals surface area contributed by atoms with Crippen LogP contribution in [0.4, 0.5) is 4.39 Å². The zero-order chi connectivity index (χ0) is 24.7. The highest BCUT2D eigenvalue weighted by molar-refractivity contribution is 5.73. The summed E-state index contributed by atoms with van der Waals surface area (Å²) in [5.74, 6) is -4.57. The molecule has 0 radical (unpaired) electrons. The fourth-order valence-electron chi connectivity index (χ4n) is 3.63. The van der Waals surface area contributed by atoms with E-state index in [9.17, 15) is 19.4 Å². The van der Waals surface area contributed by atoms with Crippen molar-refractivity contribution in [2.45, 2.75) is 115 Å². The van der Waals surface area contributed by atoms with Crippen molar-refractivity contribution in [1.29, 1.82) is 0 Å². The van der Waals surface area contributed by atoms with Gasteiger partial charge in [0.25, 0.3) is 6.17 Å². The molecule has 0 aromatic carbocycles. The van der Waals surface area contributed by atoms with E-state index in [-0.39, 0.29) is 13.2 Å². The Balaban J connectivity index is 3.29. The minimum absolute atomic E-state index is 0.0146. The lowest BCUT2D eigenvalue weighted by Crippen LogP contribution is -2.71. The van der Waals surface area contributed by atoms with Crippen molar-refractivity contribution in [3.8, 4) is 0 Å². The first kappa shape index (κ1) is 30.2. The van der Waals surface area contributed by atoms with E-state index in [2.05, 4.69) is 0 Å². The van der Waals surface area contributed by atoms with Crippen LogP contribution in [0.5, 0.6) is 0 Å². The van der Waals surface area contributed by atoms with E-state index < -0.39 is 42.3 Å². The number of aliphatic carboxylic acids is 1. The Morgan fingerprint density at radius 1 is 0.879 bits per heavy atom. The van der Waals surface area contributed by atoms with Gasteiger partial charge in [0, 0.05) is 26.4 Å². The number of rotatable bonds is 19. The number of carboxylic acid groups (broad SMARTS) is 1. The molecular weight excluding hydrogens is 435 g/mol. The number of carboxylic acids is 1. The van der Waals surface area contributed by atoms with Gasteiger partial charge in [0.2, 0.25) is 5.79 Å². The average molecular weight is 481 g/mol. The maximum Gasteiger partial charge on any atom is 0.344 e. The number of hydrogen-bond donors (Lipinski definition) is 2. The molecule has 0 amide bonds. The summed E-state index contributed by atoms with van der Waals surface area (Å²) in [5.41, 5.74) is 0. The van der Waals surface area contributed by atoms with Crippen molar-refractivity contribution >= 4 is 5.97 Å². The summed E-state index contributed by atoms with van der Waals surface area (Å²) in [6.07, 6.45) is -0.0581. The van der Waals surface area contributed by atoms with E-state index >= 15 is 0 Å². The van der Waals surface area contributed by atoms with Crippen molar-refractivity contribution in [1.82, 2.24) is 0 Å². The van der Waals surface area contributed by atoms with Crippen molar-refractivity contribution in [3.63, 3.8) is 0 Å². The fraction of sp³-hybridized carbons (Fsp3) is 0.958. The maximum absolute atomic E-state index is 15.0. The number of halogens is 1. The Bertz CT molecular complexity index is 523. The number of carbonyl (C=O) groups is 1. The number of aliphatic hydroxyl groups is 1. The third-order valence-electron chi connectivity index (χ3n) is 5.65. The fourth-order valence-corrected chi connectivity index (χ4v) is 3.63. The van der Waals surface area contributed by atoms with Crippen LogP contribution in [0.2, 0.25) is 0 Å². The Hall–Kier alpha value is -0.840. The number of alkyl halides is 1. The van der Waals surface area contributed by atoms with Gasteiger partial charge in [-0.2, -0.15) is 0 Å². The lowest BCUT2D eigenvalue weighted by atomic mass is 9.89. The molecule has 1 unspecified atom stereocenters. The summed E-state index contributed by atoms with van der Waals surface area (Å²) in [4.78, 5) is 11.6. The van der Waals surface area contributed by atoms with Crippen molar-refractivity contribution < 1.29 is 43.1 Å². The smallest absolute Gasteiger partial charge is 0.344 e. The normalized spacial score (nSPS) is 28.7. The van der Waals surface area contributed by atoms with Crippen molar-refractivity contribution in [2.75, 3.05) is 33.0 Å². The average Bonchev–Trinajstić information content (AvgIpc) is 2.79. The molecule has 0 aromatic heterocycles. The van der Waals surface area contributed by atoms with Crippen LogP contribution in [0.3, 0.4) is 0 Å². The summed E-state index contributed by atoms with van der Waals surface area (Å²) in [7, 11) is 0. The molecule has 1 aliphatic rings. The second-order valence-corrected chi connectivity index (χ2v) is 8.56. The molecule has 1 fully saturated rings. The molecule has 0 aromatic rings. The van der Waals surface area contributed by atoms with Crippen LogP contribution in [-0.4, -0.2) is 85.6 Å². The highest BCUT2D eigenvalue weighted by atomic mass is 19.1. The quantitative estimate of drug-likeness (QED) is 0.269. The maximum atomic E-state index is 15.0. The molecule has 9 heteroatoms. The second-order valence-electron chi connectivity index (χ2n) is 8.56. The van der Waals surface area contributed by atoms with Crippen molar-refractivity contribution in [3.05, 3.63) is 0 Å². The number of unbranched alkanes of at least 4 members (excludes halogenated alkanes) is 4. The van der Waals surface area contributed by atoms with Gasteiger partial charge in [0.15, 0.2) is 0 Å². The van der Waals surface area contributed by atoms with Gasteiger partial charge in [0.05, 0.1) is 6.61 Å². The summed E-state index contributed by atoms with van der Waals surface area (Å²) < 4.78 is 44.5. The monoisotopic (exact) mass is 480 g/mol. The Morgan fingerprint density at radius 3 is 1.88 bits per heavy atom. The molecule has 0 spiro atoms. The van der Waals surface area contributed by atoms with Crippen LogP contribution in [0.1, 0.15) is 79.1 Å². The molecule has 0 bridgehead atoms. The molecule has 1 saturated heterocycles. The standard InChI is InChI=1S/C24H45FO8/c1-5-9-13-29-17-18-19(30-14-10-6-2)20(31-15-11-7-3)22(32-16-12-8-4)24(28,33-18)21(25)23(26)27/h18-22,28H,5-17H2,1-4H3,(H,26,27)/t18-,19+,20+,21?,22-,24+/m1/s1. The van der Waals surface area contributed by atoms with Crippen LogP contribution in [0, 0.1) is 0 Å². The van der Waals surface area contributed by atoms with Crippen LogP contribution < -0.4 is 0 Å². The Morgan fingerprint density at radius 2 is 1.36 bits per heavy atom. The second kappa shape index (κ2) is 16.7. The molecule has 2 N–H and O–H groups in total. The van der Waals surface area contributed by atoms with E-state index in [1.807, 2.05) is 27.7 Å². The zero-order valence-corrected chi connectivity index (χ0v) is 20.8. The minimum Gasteiger partial charge on any atom is -0.479 e. The lowest BCUT2D eigenvalue weighted by Gasteiger charge is -2.50. The molecule has 0 aliphatic carbocycles. The van der Waals surface area contributed by atoms with Gasteiger partial charge in [-0.25, -0.2) is 9.18 Å². The predicted molar refractivity (Wildman–Crippen MR) is 122 cm³/mol. The molecular formula is C24H45FO8. The van der Waals surface area contributed by atoms with Gasteiger partial charge in [0.1, 0.15) is 24.4 Å². The van der Waals surface area contributed by atoms with Gasteiger partial charge in [-0.1, -0.05) is 53.4 Å². The minimum atomic E-state index is -2.74. The lowest BCUT2D eigenvalue weighted by molar-refractivity contribution is -0.380. The molecule has 1 rings (SSSR count). The van der Waals surface area contributed by atoms with E-state index in [1.54, 1.807) is 0 Å². The van der Waals surface area contributed by atoms with Gasteiger partial charge < -0.3 is 33.9 Å². The third-order valence-corrected chi connectivity index (χ3v) is 5.65. The van der Waals surface area contributed by atoms with Crippen LogP contribution in [0.15, 0.2) is 0 Å². The first-order valence-corrected chi connectivity index (χ1v) is 12.6. The molecule has 0 saturated carbocycles. The molecule has 1 aliphatic heterocycles. The van der Waals surface area contributed by atoms with E-state index in [0.29, 0.717) is 26.2 Å². The Labute approximate surface area is 198 Å². The van der Waals surface area contributed by atoms with Crippen molar-refractivity contribution in [2.24, 2.45) is 0 Å². The largest absolute Gasteiger partial charge is 0.479 e. The van der Waals surface area contributed by atoms with Crippen LogP contribution in [0.25, 0.3) is 0 Å². The first-order valence-electron chi connectivity index (χ1n) is 12.6.